The molecule has 42 heavy (non-hydrogen) atoms. The first-order chi connectivity index (χ1) is 20.3. The fourth-order valence-electron chi connectivity index (χ4n) is 5.56. The van der Waals surface area contributed by atoms with E-state index in [0.717, 1.165) is 53.1 Å². The number of fused-ring (bicyclic) bond motifs is 1. The molecule has 0 bridgehead atoms. The van der Waals surface area contributed by atoms with Crippen LogP contribution in [-0.2, 0) is 11.2 Å². The number of hydrogen-bond acceptors (Lipinski definition) is 11. The fraction of sp³-hybridized carbons (Fsp3) is 0.464. The highest BCUT2D eigenvalue weighted by Crippen LogP contribution is 2.39. The van der Waals surface area contributed by atoms with Gasteiger partial charge in [0.25, 0.3) is 0 Å². The Balaban J connectivity index is 1.16. The zero-order chi connectivity index (χ0) is 29.5. The molecule has 2 fully saturated rings. The van der Waals surface area contributed by atoms with Gasteiger partial charge in [-0.05, 0) is 49.7 Å². The van der Waals surface area contributed by atoms with Crippen molar-refractivity contribution in [1.82, 2.24) is 29.7 Å². The number of hydrogen-bond donors (Lipinski definition) is 1. The zero-order valence-corrected chi connectivity index (χ0v) is 25.3. The first-order valence-corrected chi connectivity index (χ1v) is 15.6. The average Bonchev–Trinajstić information content (AvgIpc) is 3.74. The quantitative estimate of drug-likeness (QED) is 0.410. The predicted octanol–water partition coefficient (Wildman–Crippen LogP) is 2.93. The number of aromatic nitrogens is 3. The summed E-state index contributed by atoms with van der Waals surface area (Å²) in [6, 6.07) is 10.9. The molecule has 0 spiro atoms. The average molecular weight is 607 g/mol. The van der Waals surface area contributed by atoms with Crippen molar-refractivity contribution >= 4 is 50.6 Å². The monoisotopic (exact) mass is 606 g/mol. The van der Waals surface area contributed by atoms with Crippen molar-refractivity contribution in [2.75, 3.05) is 56.6 Å². The molecule has 2 saturated heterocycles. The van der Waals surface area contributed by atoms with Crippen LogP contribution in [-0.4, -0.2) is 88.7 Å². The summed E-state index contributed by atoms with van der Waals surface area (Å²) in [6.07, 6.45) is 1.65. The Hall–Kier alpha value is -3.85. The highest BCUT2D eigenvalue weighted by atomic mass is 32.2. The van der Waals surface area contributed by atoms with Gasteiger partial charge in [-0.3, -0.25) is 9.69 Å². The number of carbonyl (C=O) groups is 1. The summed E-state index contributed by atoms with van der Waals surface area (Å²) < 4.78 is 15.4. The third-order valence-corrected chi connectivity index (χ3v) is 10.2. The lowest BCUT2D eigenvalue weighted by Crippen LogP contribution is -2.53. The topological polar surface area (TPSA) is 120 Å². The summed E-state index contributed by atoms with van der Waals surface area (Å²) in [5, 5.41) is 28.1. The number of nitrogens with zero attached hydrogens (tertiary/aromatic N) is 9. The molecule has 0 radical (unpaired) electrons. The smallest absolute Gasteiger partial charge is 0.236 e. The van der Waals surface area contributed by atoms with Gasteiger partial charge in [-0.2, -0.15) is 15.0 Å². The fourth-order valence-corrected chi connectivity index (χ4v) is 7.51. The second-order valence-electron chi connectivity index (χ2n) is 10.8. The molecule has 11 nitrogen and oxygen atoms in total. The Morgan fingerprint density at radius 3 is 2.67 bits per heavy atom. The van der Waals surface area contributed by atoms with E-state index in [1.54, 1.807) is 28.4 Å². The Morgan fingerprint density at radius 2 is 1.98 bits per heavy atom. The maximum atomic E-state index is 13.5. The van der Waals surface area contributed by atoms with E-state index in [1.165, 1.54) is 23.9 Å². The molecule has 2 atom stereocenters. The summed E-state index contributed by atoms with van der Waals surface area (Å²) in [6.45, 7) is 5.08. The van der Waals surface area contributed by atoms with Gasteiger partial charge in [0.15, 0.2) is 11.3 Å². The third-order valence-electron chi connectivity index (χ3n) is 8.08. The Kier molecular flexibility index (Phi) is 7.70. The van der Waals surface area contributed by atoms with Gasteiger partial charge in [-0.15, -0.1) is 5.10 Å². The number of thioether (sulfide) groups is 1. The number of allylic oxidation sites excluding steroid dienone is 1. The molecule has 2 unspecified atom stereocenters. The summed E-state index contributed by atoms with van der Waals surface area (Å²) in [5.41, 5.74) is 2.09. The third kappa shape index (κ3) is 5.15. The molecule has 3 aliphatic rings. The minimum Gasteiger partial charge on any atom is -0.354 e. The van der Waals surface area contributed by atoms with Gasteiger partial charge in [0.05, 0.1) is 29.9 Å². The maximum absolute atomic E-state index is 13.5. The van der Waals surface area contributed by atoms with Crippen molar-refractivity contribution in [3.63, 3.8) is 0 Å². The number of nitrogens with one attached hydrogen (secondary N) is 1. The minimum atomic E-state index is -0.323. The molecule has 1 amide bonds. The molecular formula is C28H31FN10OS2. The Bertz CT molecular complexity index is 1610. The van der Waals surface area contributed by atoms with Crippen LogP contribution in [0.4, 0.5) is 15.3 Å². The number of carbonyl (C=O) groups excluding carboxylic acids is 1. The molecule has 2 aromatic heterocycles. The van der Waals surface area contributed by atoms with Crippen LogP contribution in [0, 0.1) is 34.4 Å². The number of rotatable bonds is 8. The molecule has 0 aliphatic carbocycles. The first-order valence-electron chi connectivity index (χ1n) is 13.9. The van der Waals surface area contributed by atoms with Crippen LogP contribution < -0.4 is 15.1 Å². The number of amides is 1. The molecule has 1 N–H and O–H groups in total. The number of likely N-dealkylation sites (tertiary alicyclic amines) is 1. The van der Waals surface area contributed by atoms with Crippen molar-refractivity contribution in [3.8, 4) is 12.1 Å². The maximum Gasteiger partial charge on any atom is 0.236 e. The molecule has 218 valence electrons. The molecule has 14 heteroatoms. The largest absolute Gasteiger partial charge is 0.354 e. The Morgan fingerprint density at radius 1 is 1.21 bits per heavy atom. The van der Waals surface area contributed by atoms with Gasteiger partial charge in [0.1, 0.15) is 16.8 Å². The second kappa shape index (κ2) is 11.4. The number of halogens is 1. The lowest BCUT2D eigenvalue weighted by molar-refractivity contribution is -0.137. The molecule has 0 saturated carbocycles. The predicted molar refractivity (Wildman–Crippen MR) is 161 cm³/mol. The van der Waals surface area contributed by atoms with Crippen molar-refractivity contribution in [2.24, 2.45) is 5.92 Å². The standard InChI is InChI=1S/C28H31FN10OS2/c1-4-21-25(36(3)26-33-24(22(12-31)41-26)18-5-7-19(29)8-6-18)39-27(32-21)42-28(34-39)37-10-9-20(15-37)35(2)16-23(40)38-13-17(11-30)14-38/h5-8,17,20,26,33H,4,9-10,13-16H2,1-3H3. The second-order valence-corrected chi connectivity index (χ2v) is 12.8. The summed E-state index contributed by atoms with van der Waals surface area (Å²) in [4.78, 5) is 27.0. The van der Waals surface area contributed by atoms with E-state index in [2.05, 4.69) is 39.1 Å². The van der Waals surface area contributed by atoms with Gasteiger partial charge in [-0.25, -0.2) is 9.37 Å². The van der Waals surface area contributed by atoms with Gasteiger partial charge < -0.3 is 20.0 Å². The van der Waals surface area contributed by atoms with Crippen LogP contribution in [0.3, 0.4) is 0 Å². The molecule has 5 heterocycles. The zero-order valence-electron chi connectivity index (χ0n) is 23.6. The normalized spacial score (nSPS) is 20.6. The van der Waals surface area contributed by atoms with Crippen molar-refractivity contribution in [1.29, 1.82) is 10.5 Å². The van der Waals surface area contributed by atoms with E-state index >= 15 is 0 Å². The van der Waals surface area contributed by atoms with E-state index in [0.29, 0.717) is 30.2 Å². The van der Waals surface area contributed by atoms with Crippen LogP contribution in [0.25, 0.3) is 10.7 Å². The summed E-state index contributed by atoms with van der Waals surface area (Å²) in [5.74, 6) is 0.578. The number of aryl methyl sites for hydroxylation is 1. The van der Waals surface area contributed by atoms with Crippen LogP contribution in [0.2, 0.25) is 0 Å². The van der Waals surface area contributed by atoms with Gasteiger partial charge >= 0.3 is 0 Å². The van der Waals surface area contributed by atoms with Gasteiger partial charge in [0, 0.05) is 39.3 Å². The highest BCUT2D eigenvalue weighted by molar-refractivity contribution is 8.04. The Labute approximate surface area is 251 Å². The SMILES string of the molecule is CCc1nc2sc(N3CCC(N(C)CC(=O)N4CC(C#N)C4)C3)nn2c1N(C)C1NC(c2ccc(F)cc2)=C(C#N)S1. The molecule has 3 aromatic rings. The van der Waals surface area contributed by atoms with Crippen molar-refractivity contribution in [2.45, 2.75) is 31.3 Å². The van der Waals surface area contributed by atoms with Crippen molar-refractivity contribution in [3.05, 3.63) is 46.2 Å². The van der Waals surface area contributed by atoms with E-state index in [4.69, 9.17) is 15.3 Å². The molecular weight excluding hydrogens is 576 g/mol. The highest BCUT2D eigenvalue weighted by Gasteiger charge is 2.35. The number of benzene rings is 1. The van der Waals surface area contributed by atoms with Crippen LogP contribution >= 0.6 is 23.1 Å². The molecule has 3 aliphatic heterocycles. The number of likely N-dealkylation sites (N-methyl/N-ethyl adjacent to an activating group) is 1. The number of imidazole rings is 1. The number of anilines is 2. The van der Waals surface area contributed by atoms with E-state index in [-0.39, 0.29) is 29.2 Å². The van der Waals surface area contributed by atoms with Crippen LogP contribution in [0.1, 0.15) is 24.6 Å². The number of nitriles is 2. The van der Waals surface area contributed by atoms with E-state index < -0.39 is 0 Å². The van der Waals surface area contributed by atoms with Gasteiger partial charge in [0.2, 0.25) is 16.0 Å². The van der Waals surface area contributed by atoms with E-state index in [9.17, 15) is 14.4 Å². The van der Waals surface area contributed by atoms with Crippen LogP contribution in [0.5, 0.6) is 0 Å². The molecule has 1 aromatic carbocycles. The van der Waals surface area contributed by atoms with Gasteiger partial charge in [-0.1, -0.05) is 30.0 Å². The molecule has 6 rings (SSSR count). The van der Waals surface area contributed by atoms with Crippen LogP contribution in [0.15, 0.2) is 29.2 Å². The summed E-state index contributed by atoms with van der Waals surface area (Å²) in [7, 11) is 3.95. The van der Waals surface area contributed by atoms with E-state index in [1.807, 2.05) is 18.6 Å². The first kappa shape index (κ1) is 28.3. The minimum absolute atomic E-state index is 0.0354. The lowest BCUT2D eigenvalue weighted by atomic mass is 10.0. The lowest BCUT2D eigenvalue weighted by Gasteiger charge is -2.37. The summed E-state index contributed by atoms with van der Waals surface area (Å²) >= 11 is 2.96. The van der Waals surface area contributed by atoms with Crippen molar-refractivity contribution < 1.29 is 9.18 Å².